The van der Waals surface area contributed by atoms with Crippen molar-refractivity contribution in [2.24, 2.45) is 5.92 Å². The molecule has 0 unspecified atom stereocenters. The number of nitrogens with zero attached hydrogens (tertiary/aromatic N) is 1. The van der Waals surface area contributed by atoms with Crippen LogP contribution in [0.1, 0.15) is 60.1 Å². The van der Waals surface area contributed by atoms with Gasteiger partial charge in [0.1, 0.15) is 17.0 Å². The third-order valence-corrected chi connectivity index (χ3v) is 5.89. The van der Waals surface area contributed by atoms with Crippen molar-refractivity contribution in [3.05, 3.63) is 64.1 Å². The Hall–Kier alpha value is -2.08. The van der Waals surface area contributed by atoms with E-state index < -0.39 is 0 Å². The summed E-state index contributed by atoms with van der Waals surface area (Å²) in [5, 5.41) is 8.06. The van der Waals surface area contributed by atoms with Crippen molar-refractivity contribution >= 4 is 40.9 Å². The lowest BCUT2D eigenvalue weighted by Crippen LogP contribution is -2.36. The average Bonchev–Trinajstić information content (AvgIpc) is 3.17. The van der Waals surface area contributed by atoms with Gasteiger partial charge < -0.3 is 15.1 Å². The number of carbonyl (C=O) groups is 1. The van der Waals surface area contributed by atoms with E-state index in [1.165, 1.54) is 0 Å². The van der Waals surface area contributed by atoms with E-state index in [4.69, 9.17) is 16.0 Å². The van der Waals surface area contributed by atoms with Crippen LogP contribution in [0.5, 0.6) is 0 Å². The molecule has 1 saturated heterocycles. The van der Waals surface area contributed by atoms with E-state index in [1.807, 2.05) is 30.3 Å². The molecule has 2 N–H and O–H groups in total. The molecule has 1 fully saturated rings. The minimum absolute atomic E-state index is 0. The first-order valence-corrected chi connectivity index (χ1v) is 11.0. The fraction of sp³-hybridized carbons (Fsp3) is 0.417. The predicted molar refractivity (Wildman–Crippen MR) is 128 cm³/mol. The molecule has 1 amide bonds. The van der Waals surface area contributed by atoms with Gasteiger partial charge in [0.2, 0.25) is 0 Å². The highest BCUT2D eigenvalue weighted by Crippen LogP contribution is 2.31. The molecular formula is C24H29Cl2N3O2. The minimum Gasteiger partial charge on any atom is -0.461 e. The zero-order valence-electron chi connectivity index (χ0n) is 17.9. The average molecular weight is 462 g/mol. The number of piperidine rings is 1. The van der Waals surface area contributed by atoms with Crippen molar-refractivity contribution in [2.45, 2.75) is 39.0 Å². The SMILES string of the molecule is CC(C)c1cc2cc(Cl)cc(Cc3cccc(C(=O)NCC4CCNCC4)n3)c2o1.Cl. The van der Waals surface area contributed by atoms with Crippen LogP contribution >= 0.6 is 24.0 Å². The molecule has 0 aliphatic carbocycles. The molecule has 0 saturated carbocycles. The number of amides is 1. The lowest BCUT2D eigenvalue weighted by molar-refractivity contribution is 0.0939. The summed E-state index contributed by atoms with van der Waals surface area (Å²) in [6.45, 7) is 6.95. The largest absolute Gasteiger partial charge is 0.461 e. The standard InChI is InChI=1S/C24H28ClN3O2.ClH/c1-15(2)22-13-18-11-19(25)10-17(23(18)30-22)12-20-4-3-5-21(28-20)24(29)27-14-16-6-8-26-9-7-16;/h3-5,10-11,13,15-16,26H,6-9,12,14H2,1-2H3,(H,27,29);1H. The molecule has 3 aromatic rings. The summed E-state index contributed by atoms with van der Waals surface area (Å²) in [6.07, 6.45) is 2.75. The van der Waals surface area contributed by atoms with Gasteiger partial charge in [-0.2, -0.15) is 0 Å². The molecule has 1 aliphatic rings. The molecule has 166 valence electrons. The summed E-state index contributed by atoms with van der Waals surface area (Å²) in [4.78, 5) is 17.2. The van der Waals surface area contributed by atoms with Crippen LogP contribution in [0.2, 0.25) is 5.02 Å². The smallest absolute Gasteiger partial charge is 0.269 e. The molecule has 0 bridgehead atoms. The summed E-state index contributed by atoms with van der Waals surface area (Å²) in [6, 6.07) is 11.5. The summed E-state index contributed by atoms with van der Waals surface area (Å²) in [5.74, 6) is 1.65. The second kappa shape index (κ2) is 10.5. The zero-order chi connectivity index (χ0) is 21.1. The van der Waals surface area contributed by atoms with Crippen LogP contribution in [0, 0.1) is 5.92 Å². The molecule has 0 atom stereocenters. The fourth-order valence-corrected chi connectivity index (χ4v) is 4.18. The minimum atomic E-state index is -0.119. The predicted octanol–water partition coefficient (Wildman–Crippen LogP) is 5.35. The Morgan fingerprint density at radius 1 is 1.26 bits per heavy atom. The van der Waals surface area contributed by atoms with Crippen LogP contribution in [0.4, 0.5) is 0 Å². The fourth-order valence-electron chi connectivity index (χ4n) is 3.93. The Morgan fingerprint density at radius 2 is 2.03 bits per heavy atom. The van der Waals surface area contributed by atoms with Crippen molar-refractivity contribution in [1.82, 2.24) is 15.6 Å². The monoisotopic (exact) mass is 461 g/mol. The Morgan fingerprint density at radius 3 is 2.77 bits per heavy atom. The van der Waals surface area contributed by atoms with E-state index in [9.17, 15) is 4.79 Å². The van der Waals surface area contributed by atoms with Gasteiger partial charge in [-0.3, -0.25) is 4.79 Å². The lowest BCUT2D eigenvalue weighted by Gasteiger charge is -2.22. The first-order chi connectivity index (χ1) is 14.5. The number of halogens is 2. The number of carbonyl (C=O) groups excluding carboxylic acids is 1. The van der Waals surface area contributed by atoms with Crippen molar-refractivity contribution in [3.63, 3.8) is 0 Å². The van der Waals surface area contributed by atoms with Crippen LogP contribution < -0.4 is 10.6 Å². The lowest BCUT2D eigenvalue weighted by atomic mass is 9.98. The highest BCUT2D eigenvalue weighted by atomic mass is 35.5. The van der Waals surface area contributed by atoms with Gasteiger partial charge in [-0.1, -0.05) is 31.5 Å². The number of benzene rings is 1. The van der Waals surface area contributed by atoms with Gasteiger partial charge in [0.25, 0.3) is 5.91 Å². The number of pyridine rings is 1. The van der Waals surface area contributed by atoms with Crippen molar-refractivity contribution in [3.8, 4) is 0 Å². The quantitative estimate of drug-likeness (QED) is 0.519. The second-order valence-corrected chi connectivity index (χ2v) is 8.82. The number of fused-ring (bicyclic) bond motifs is 1. The summed E-state index contributed by atoms with van der Waals surface area (Å²) < 4.78 is 6.10. The van der Waals surface area contributed by atoms with E-state index in [0.29, 0.717) is 35.5 Å². The van der Waals surface area contributed by atoms with Gasteiger partial charge in [-0.05, 0) is 62.2 Å². The molecule has 31 heavy (non-hydrogen) atoms. The van der Waals surface area contributed by atoms with E-state index in [0.717, 1.165) is 53.9 Å². The number of hydrogen-bond acceptors (Lipinski definition) is 4. The Bertz CT molecular complexity index is 1040. The highest BCUT2D eigenvalue weighted by molar-refractivity contribution is 6.31. The summed E-state index contributed by atoms with van der Waals surface area (Å²) >= 11 is 6.34. The number of hydrogen-bond donors (Lipinski definition) is 2. The van der Waals surface area contributed by atoms with Gasteiger partial charge in [0, 0.05) is 40.5 Å². The topological polar surface area (TPSA) is 67.2 Å². The summed E-state index contributed by atoms with van der Waals surface area (Å²) in [7, 11) is 0. The Kier molecular flexibility index (Phi) is 7.98. The molecule has 1 aromatic carbocycles. The maximum absolute atomic E-state index is 12.6. The van der Waals surface area contributed by atoms with Gasteiger partial charge in [-0.25, -0.2) is 4.98 Å². The van der Waals surface area contributed by atoms with Gasteiger partial charge in [0.15, 0.2) is 0 Å². The van der Waals surface area contributed by atoms with Crippen LogP contribution in [0.3, 0.4) is 0 Å². The molecule has 2 aromatic heterocycles. The van der Waals surface area contributed by atoms with Crippen molar-refractivity contribution < 1.29 is 9.21 Å². The highest BCUT2D eigenvalue weighted by Gasteiger charge is 2.16. The van der Waals surface area contributed by atoms with E-state index in [1.54, 1.807) is 6.07 Å². The van der Waals surface area contributed by atoms with Crippen LogP contribution in [0.25, 0.3) is 11.0 Å². The Labute approximate surface area is 194 Å². The number of nitrogens with one attached hydrogen (secondary N) is 2. The number of aromatic nitrogens is 1. The van der Waals surface area contributed by atoms with E-state index in [2.05, 4.69) is 29.5 Å². The van der Waals surface area contributed by atoms with Gasteiger partial charge in [0.05, 0.1) is 0 Å². The number of rotatable bonds is 6. The first-order valence-electron chi connectivity index (χ1n) is 10.7. The first kappa shape index (κ1) is 23.6. The third kappa shape index (κ3) is 5.79. The molecule has 1 aliphatic heterocycles. The Balaban J connectivity index is 0.00000272. The molecular weight excluding hydrogens is 433 g/mol. The third-order valence-electron chi connectivity index (χ3n) is 5.67. The second-order valence-electron chi connectivity index (χ2n) is 8.38. The molecule has 4 rings (SSSR count). The normalized spacial score (nSPS) is 14.6. The van der Waals surface area contributed by atoms with Crippen molar-refractivity contribution in [2.75, 3.05) is 19.6 Å². The van der Waals surface area contributed by atoms with Crippen LogP contribution in [-0.4, -0.2) is 30.5 Å². The van der Waals surface area contributed by atoms with Crippen molar-refractivity contribution in [1.29, 1.82) is 0 Å². The maximum atomic E-state index is 12.6. The maximum Gasteiger partial charge on any atom is 0.269 e. The molecule has 0 spiro atoms. The summed E-state index contributed by atoms with van der Waals surface area (Å²) in [5.41, 5.74) is 3.08. The molecule has 7 heteroatoms. The van der Waals surface area contributed by atoms with Crippen LogP contribution in [-0.2, 0) is 6.42 Å². The van der Waals surface area contributed by atoms with E-state index >= 15 is 0 Å². The molecule has 5 nitrogen and oxygen atoms in total. The molecule has 0 radical (unpaired) electrons. The zero-order valence-corrected chi connectivity index (χ0v) is 19.5. The van der Waals surface area contributed by atoms with Crippen LogP contribution in [0.15, 0.2) is 40.8 Å². The molecule has 3 heterocycles. The number of furan rings is 1. The van der Waals surface area contributed by atoms with Gasteiger partial charge >= 0.3 is 0 Å². The van der Waals surface area contributed by atoms with Gasteiger partial charge in [-0.15, -0.1) is 12.4 Å². The van der Waals surface area contributed by atoms with E-state index in [-0.39, 0.29) is 18.3 Å².